The zero-order valence-corrected chi connectivity index (χ0v) is 20.1. The van der Waals surface area contributed by atoms with E-state index >= 15 is 0 Å². The molecule has 0 fully saturated rings. The van der Waals surface area contributed by atoms with Gasteiger partial charge in [0.1, 0.15) is 11.5 Å². The van der Waals surface area contributed by atoms with E-state index in [2.05, 4.69) is 16.4 Å². The van der Waals surface area contributed by atoms with Gasteiger partial charge in [-0.3, -0.25) is 0 Å². The molecular weight excluding hydrogens is 450 g/mol. The molecule has 174 valence electrons. The average molecular weight is 476 g/mol. The standard InChI is InChI=1S/C27H26ClN3O3/c1-16-4-7-18(14-23(16)28)29-27(32)31-13-12-21-22-15-20(34-3)10-11-24(22)30-25(21)26(31)17-5-8-19(33-2)9-6-17/h4-11,14-15,26,30H,12-13H2,1-3H3,(H,29,32)/t26-/m1/s1. The molecule has 0 spiro atoms. The molecular formula is C27H26ClN3O3. The number of hydrogen-bond donors (Lipinski definition) is 2. The molecule has 7 heteroatoms. The number of aryl methyl sites for hydroxylation is 1. The third kappa shape index (κ3) is 3.94. The fourth-order valence-electron chi connectivity index (χ4n) is 4.61. The summed E-state index contributed by atoms with van der Waals surface area (Å²) in [5.41, 5.74) is 5.87. The Kier molecular flexibility index (Phi) is 5.84. The molecule has 1 aliphatic heterocycles. The van der Waals surface area contributed by atoms with Gasteiger partial charge in [-0.2, -0.15) is 0 Å². The Morgan fingerprint density at radius 3 is 2.47 bits per heavy atom. The SMILES string of the molecule is COc1ccc([C@@H]2c3[nH]c4ccc(OC)cc4c3CCN2C(=O)Nc2ccc(C)c(Cl)c2)cc1. The number of carbonyl (C=O) groups is 1. The normalized spacial score (nSPS) is 15.2. The molecule has 0 radical (unpaired) electrons. The number of aromatic amines is 1. The van der Waals surface area contributed by atoms with Crippen LogP contribution in [0.4, 0.5) is 10.5 Å². The monoisotopic (exact) mass is 475 g/mol. The molecule has 6 nitrogen and oxygen atoms in total. The molecule has 2 amide bonds. The number of nitrogens with zero attached hydrogens (tertiary/aromatic N) is 1. The van der Waals surface area contributed by atoms with Crippen LogP contribution in [0.2, 0.25) is 5.02 Å². The Balaban J connectivity index is 1.57. The molecule has 1 aliphatic rings. The Morgan fingerprint density at radius 1 is 1.03 bits per heavy atom. The molecule has 0 aliphatic carbocycles. The second-order valence-electron chi connectivity index (χ2n) is 8.44. The summed E-state index contributed by atoms with van der Waals surface area (Å²) in [4.78, 5) is 19.0. The van der Waals surface area contributed by atoms with E-state index < -0.39 is 0 Å². The van der Waals surface area contributed by atoms with E-state index in [0.29, 0.717) is 17.3 Å². The quantitative estimate of drug-likeness (QED) is 0.362. The first kappa shape index (κ1) is 22.2. The molecule has 0 saturated heterocycles. The number of ether oxygens (including phenoxy) is 2. The number of rotatable bonds is 4. The number of nitrogens with one attached hydrogen (secondary N) is 2. The van der Waals surface area contributed by atoms with Crippen molar-refractivity contribution in [2.75, 3.05) is 26.1 Å². The smallest absolute Gasteiger partial charge is 0.322 e. The lowest BCUT2D eigenvalue weighted by atomic mass is 9.92. The predicted octanol–water partition coefficient (Wildman–Crippen LogP) is 6.33. The lowest BCUT2D eigenvalue weighted by Crippen LogP contribution is -2.43. The van der Waals surface area contributed by atoms with Gasteiger partial charge in [-0.25, -0.2) is 4.79 Å². The Hall–Kier alpha value is -3.64. The molecule has 0 unspecified atom stereocenters. The summed E-state index contributed by atoms with van der Waals surface area (Å²) in [6, 6.07) is 19.0. The molecule has 1 aromatic heterocycles. The zero-order valence-electron chi connectivity index (χ0n) is 19.3. The van der Waals surface area contributed by atoms with E-state index in [9.17, 15) is 4.79 Å². The van der Waals surface area contributed by atoms with Gasteiger partial charge in [-0.05, 0) is 72.5 Å². The van der Waals surface area contributed by atoms with Gasteiger partial charge in [0.05, 0.1) is 20.3 Å². The van der Waals surface area contributed by atoms with Crippen LogP contribution in [-0.2, 0) is 6.42 Å². The molecule has 34 heavy (non-hydrogen) atoms. The number of hydrogen-bond acceptors (Lipinski definition) is 3. The van der Waals surface area contributed by atoms with Gasteiger partial charge < -0.3 is 24.7 Å². The number of halogens is 1. The third-order valence-electron chi connectivity index (χ3n) is 6.45. The molecule has 4 aromatic rings. The third-order valence-corrected chi connectivity index (χ3v) is 6.86. The number of fused-ring (bicyclic) bond motifs is 3. The molecule has 2 N–H and O–H groups in total. The number of H-pyrrole nitrogens is 1. The van der Waals surface area contributed by atoms with Gasteiger partial charge in [-0.1, -0.05) is 29.8 Å². The minimum Gasteiger partial charge on any atom is -0.497 e. The Bertz CT molecular complexity index is 1360. The van der Waals surface area contributed by atoms with Crippen molar-refractivity contribution in [1.29, 1.82) is 0 Å². The van der Waals surface area contributed by atoms with Crippen molar-refractivity contribution in [3.05, 3.63) is 88.1 Å². The maximum Gasteiger partial charge on any atom is 0.322 e. The van der Waals surface area contributed by atoms with E-state index in [0.717, 1.165) is 45.6 Å². The van der Waals surface area contributed by atoms with Crippen LogP contribution in [0.25, 0.3) is 10.9 Å². The summed E-state index contributed by atoms with van der Waals surface area (Å²) in [7, 11) is 3.31. The first-order valence-corrected chi connectivity index (χ1v) is 11.5. The number of aromatic nitrogens is 1. The number of methoxy groups -OCH3 is 2. The number of carbonyl (C=O) groups excluding carboxylic acids is 1. The first-order chi connectivity index (χ1) is 16.5. The average Bonchev–Trinajstić information content (AvgIpc) is 3.23. The first-order valence-electron chi connectivity index (χ1n) is 11.1. The van der Waals surface area contributed by atoms with E-state index in [1.165, 1.54) is 5.56 Å². The highest BCUT2D eigenvalue weighted by Gasteiger charge is 2.34. The summed E-state index contributed by atoms with van der Waals surface area (Å²) in [5.74, 6) is 1.58. The summed E-state index contributed by atoms with van der Waals surface area (Å²) >= 11 is 6.28. The zero-order chi connectivity index (χ0) is 23.8. The van der Waals surface area contributed by atoms with Crippen molar-refractivity contribution in [3.8, 4) is 11.5 Å². The van der Waals surface area contributed by atoms with Crippen LogP contribution in [0.1, 0.15) is 28.4 Å². The second kappa shape index (κ2) is 8.95. The molecule has 5 rings (SSSR count). The number of anilines is 1. The highest BCUT2D eigenvalue weighted by molar-refractivity contribution is 6.31. The fraction of sp³-hybridized carbons (Fsp3) is 0.222. The maximum absolute atomic E-state index is 13.5. The van der Waals surface area contributed by atoms with Gasteiger partial charge in [-0.15, -0.1) is 0 Å². The van der Waals surface area contributed by atoms with Crippen molar-refractivity contribution in [1.82, 2.24) is 9.88 Å². The predicted molar refractivity (Wildman–Crippen MR) is 135 cm³/mol. The van der Waals surface area contributed by atoms with Crippen LogP contribution < -0.4 is 14.8 Å². The highest BCUT2D eigenvalue weighted by Crippen LogP contribution is 2.40. The summed E-state index contributed by atoms with van der Waals surface area (Å²) in [5, 5.41) is 4.77. The van der Waals surface area contributed by atoms with Crippen LogP contribution in [0.3, 0.4) is 0 Å². The Morgan fingerprint density at radius 2 is 1.76 bits per heavy atom. The number of benzene rings is 3. The Labute approximate surface area is 203 Å². The van der Waals surface area contributed by atoms with Gasteiger partial charge in [0.15, 0.2) is 0 Å². The lowest BCUT2D eigenvalue weighted by Gasteiger charge is -2.36. The van der Waals surface area contributed by atoms with E-state index in [4.69, 9.17) is 21.1 Å². The van der Waals surface area contributed by atoms with Gasteiger partial charge in [0.25, 0.3) is 0 Å². The lowest BCUT2D eigenvalue weighted by molar-refractivity contribution is 0.193. The topological polar surface area (TPSA) is 66.6 Å². The minimum absolute atomic E-state index is 0.178. The minimum atomic E-state index is -0.283. The highest BCUT2D eigenvalue weighted by atomic mass is 35.5. The van der Waals surface area contributed by atoms with E-state index in [-0.39, 0.29) is 12.1 Å². The summed E-state index contributed by atoms with van der Waals surface area (Å²) < 4.78 is 10.8. The molecule has 0 bridgehead atoms. The summed E-state index contributed by atoms with van der Waals surface area (Å²) in [6.07, 6.45) is 0.733. The van der Waals surface area contributed by atoms with E-state index in [1.807, 2.05) is 60.4 Å². The van der Waals surface area contributed by atoms with Crippen molar-refractivity contribution in [2.24, 2.45) is 0 Å². The second-order valence-corrected chi connectivity index (χ2v) is 8.85. The van der Waals surface area contributed by atoms with Crippen molar-refractivity contribution < 1.29 is 14.3 Å². The van der Waals surface area contributed by atoms with Gasteiger partial charge in [0.2, 0.25) is 0 Å². The molecule has 2 heterocycles. The van der Waals surface area contributed by atoms with Crippen molar-refractivity contribution >= 4 is 34.2 Å². The number of amides is 2. The van der Waals surface area contributed by atoms with E-state index in [1.54, 1.807) is 20.3 Å². The molecule has 0 saturated carbocycles. The van der Waals surface area contributed by atoms with Crippen LogP contribution in [-0.4, -0.2) is 36.7 Å². The van der Waals surface area contributed by atoms with Gasteiger partial charge in [0, 0.05) is 33.9 Å². The van der Waals surface area contributed by atoms with Crippen LogP contribution in [0, 0.1) is 6.92 Å². The largest absolute Gasteiger partial charge is 0.497 e. The fourth-order valence-corrected chi connectivity index (χ4v) is 4.79. The molecule has 3 aromatic carbocycles. The van der Waals surface area contributed by atoms with Crippen molar-refractivity contribution in [3.63, 3.8) is 0 Å². The van der Waals surface area contributed by atoms with Crippen molar-refractivity contribution in [2.45, 2.75) is 19.4 Å². The van der Waals surface area contributed by atoms with Gasteiger partial charge >= 0.3 is 6.03 Å². The van der Waals surface area contributed by atoms with Crippen LogP contribution in [0.5, 0.6) is 11.5 Å². The maximum atomic E-state index is 13.5. The molecule has 1 atom stereocenters. The summed E-state index contributed by atoms with van der Waals surface area (Å²) in [6.45, 7) is 2.50. The van der Waals surface area contributed by atoms with Crippen LogP contribution in [0.15, 0.2) is 60.7 Å². The number of urea groups is 1. The van der Waals surface area contributed by atoms with Crippen LogP contribution >= 0.6 is 11.6 Å².